The zero-order chi connectivity index (χ0) is 19.9. The highest BCUT2D eigenvalue weighted by Gasteiger charge is 2.30. The van der Waals surface area contributed by atoms with Gasteiger partial charge in [0.25, 0.3) is 5.56 Å². The first-order valence-electron chi connectivity index (χ1n) is 8.18. The zero-order valence-electron chi connectivity index (χ0n) is 14.2. The van der Waals surface area contributed by atoms with Crippen molar-refractivity contribution < 1.29 is 13.2 Å². The summed E-state index contributed by atoms with van der Waals surface area (Å²) in [5, 5.41) is 5.03. The molecule has 0 saturated heterocycles. The van der Waals surface area contributed by atoms with Crippen LogP contribution in [0.5, 0.6) is 0 Å². The fourth-order valence-electron chi connectivity index (χ4n) is 2.88. The second-order valence-corrected chi connectivity index (χ2v) is 6.58. The lowest BCUT2D eigenvalue weighted by atomic mass is 10.1. The number of rotatable bonds is 3. The van der Waals surface area contributed by atoms with Crippen molar-refractivity contribution in [2.24, 2.45) is 0 Å². The van der Waals surface area contributed by atoms with Crippen LogP contribution in [0.15, 0.2) is 65.8 Å². The van der Waals surface area contributed by atoms with Crippen molar-refractivity contribution >= 4 is 22.6 Å². The van der Waals surface area contributed by atoms with E-state index in [1.165, 1.54) is 33.9 Å². The van der Waals surface area contributed by atoms with Gasteiger partial charge < -0.3 is 0 Å². The molecule has 4 rings (SSSR count). The van der Waals surface area contributed by atoms with Crippen molar-refractivity contribution in [3.8, 4) is 5.69 Å². The molecule has 0 bridgehead atoms. The predicted molar refractivity (Wildman–Crippen MR) is 98.7 cm³/mol. The van der Waals surface area contributed by atoms with E-state index in [9.17, 15) is 18.0 Å². The maximum absolute atomic E-state index is 12.9. The van der Waals surface area contributed by atoms with Gasteiger partial charge in [-0.15, -0.1) is 0 Å². The number of hydrogen-bond acceptors (Lipinski definition) is 3. The second kappa shape index (κ2) is 6.79. The number of alkyl halides is 3. The van der Waals surface area contributed by atoms with Gasteiger partial charge in [0.15, 0.2) is 5.65 Å². The average Bonchev–Trinajstić information content (AvgIpc) is 3.09. The summed E-state index contributed by atoms with van der Waals surface area (Å²) in [6, 6.07) is 11.7. The first kappa shape index (κ1) is 18.2. The SMILES string of the molecule is O=c1c2cnn(-c3ccc(Cl)cc3)c2ncn1Cc1cccc(C(F)(F)F)c1. The van der Waals surface area contributed by atoms with E-state index in [2.05, 4.69) is 10.1 Å². The Morgan fingerprint density at radius 1 is 1.07 bits per heavy atom. The van der Waals surface area contributed by atoms with Crippen molar-refractivity contribution in [3.63, 3.8) is 0 Å². The van der Waals surface area contributed by atoms with Gasteiger partial charge in [-0.05, 0) is 42.0 Å². The van der Waals surface area contributed by atoms with Gasteiger partial charge in [-0.2, -0.15) is 18.3 Å². The average molecular weight is 405 g/mol. The maximum atomic E-state index is 12.9. The van der Waals surface area contributed by atoms with E-state index < -0.39 is 11.7 Å². The molecule has 0 aliphatic carbocycles. The largest absolute Gasteiger partial charge is 0.416 e. The van der Waals surface area contributed by atoms with Crippen molar-refractivity contribution in [2.45, 2.75) is 12.7 Å². The van der Waals surface area contributed by atoms with Gasteiger partial charge >= 0.3 is 6.18 Å². The van der Waals surface area contributed by atoms with Gasteiger partial charge in [0.2, 0.25) is 0 Å². The standard InChI is InChI=1S/C19H12ClF3N4O/c20-14-4-6-15(7-5-14)27-17-16(9-25-27)18(28)26(11-24-17)10-12-2-1-3-13(8-12)19(21,22)23/h1-9,11H,10H2. The molecule has 0 amide bonds. The number of nitrogens with zero attached hydrogens (tertiary/aromatic N) is 4. The third-order valence-corrected chi connectivity index (χ3v) is 4.48. The van der Waals surface area contributed by atoms with E-state index in [1.807, 2.05) is 0 Å². The molecule has 2 heterocycles. The molecule has 5 nitrogen and oxygen atoms in total. The van der Waals surface area contributed by atoms with Crippen LogP contribution in [0.1, 0.15) is 11.1 Å². The van der Waals surface area contributed by atoms with Gasteiger partial charge in [0.05, 0.1) is 24.0 Å². The molecular formula is C19H12ClF3N4O. The summed E-state index contributed by atoms with van der Waals surface area (Å²) in [7, 11) is 0. The third-order valence-electron chi connectivity index (χ3n) is 4.23. The first-order valence-corrected chi connectivity index (χ1v) is 8.56. The van der Waals surface area contributed by atoms with Crippen LogP contribution in [0.2, 0.25) is 5.02 Å². The normalized spacial score (nSPS) is 11.9. The monoisotopic (exact) mass is 404 g/mol. The molecular weight excluding hydrogens is 393 g/mol. The molecule has 0 radical (unpaired) electrons. The Labute approximate surface area is 161 Å². The van der Waals surface area contributed by atoms with Gasteiger partial charge in [0, 0.05) is 5.02 Å². The third kappa shape index (κ3) is 3.38. The van der Waals surface area contributed by atoms with Crippen LogP contribution in [0.4, 0.5) is 13.2 Å². The molecule has 0 aliphatic heterocycles. The fraction of sp³-hybridized carbons (Fsp3) is 0.105. The molecule has 2 aromatic carbocycles. The highest BCUT2D eigenvalue weighted by Crippen LogP contribution is 2.29. The van der Waals surface area contributed by atoms with Gasteiger partial charge in [-0.25, -0.2) is 9.67 Å². The topological polar surface area (TPSA) is 52.7 Å². The van der Waals surface area contributed by atoms with Crippen LogP contribution >= 0.6 is 11.6 Å². The Morgan fingerprint density at radius 2 is 1.82 bits per heavy atom. The van der Waals surface area contributed by atoms with Crippen LogP contribution in [-0.2, 0) is 12.7 Å². The predicted octanol–water partition coefficient (Wildman–Crippen LogP) is 4.30. The van der Waals surface area contributed by atoms with Crippen molar-refractivity contribution in [1.82, 2.24) is 19.3 Å². The van der Waals surface area contributed by atoms with Crippen molar-refractivity contribution in [2.75, 3.05) is 0 Å². The van der Waals surface area contributed by atoms with Crippen LogP contribution in [-0.4, -0.2) is 19.3 Å². The second-order valence-electron chi connectivity index (χ2n) is 6.15. The molecule has 0 fully saturated rings. The lowest BCUT2D eigenvalue weighted by Crippen LogP contribution is -2.21. The molecule has 0 aliphatic rings. The van der Waals surface area contributed by atoms with Crippen LogP contribution in [0.25, 0.3) is 16.7 Å². The van der Waals surface area contributed by atoms with Crippen LogP contribution in [0.3, 0.4) is 0 Å². The van der Waals surface area contributed by atoms with E-state index >= 15 is 0 Å². The lowest BCUT2D eigenvalue weighted by Gasteiger charge is -2.10. The van der Waals surface area contributed by atoms with Crippen molar-refractivity contribution in [3.05, 3.63) is 87.6 Å². The molecule has 0 N–H and O–H groups in total. The highest BCUT2D eigenvalue weighted by atomic mass is 35.5. The number of benzene rings is 2. The summed E-state index contributed by atoms with van der Waals surface area (Å²) in [6.45, 7) is -0.0299. The van der Waals surface area contributed by atoms with Gasteiger partial charge in [-0.1, -0.05) is 23.7 Å². The molecule has 9 heteroatoms. The van der Waals surface area contributed by atoms with E-state index in [1.54, 1.807) is 24.3 Å². The molecule has 142 valence electrons. The summed E-state index contributed by atoms with van der Waals surface area (Å²) < 4.78 is 41.4. The van der Waals surface area contributed by atoms with Crippen LogP contribution in [0, 0.1) is 0 Å². The Morgan fingerprint density at radius 3 is 2.54 bits per heavy atom. The van der Waals surface area contributed by atoms with E-state index in [0.29, 0.717) is 21.9 Å². The Hall–Kier alpha value is -3.13. The molecule has 0 saturated carbocycles. The smallest absolute Gasteiger partial charge is 0.294 e. The summed E-state index contributed by atoms with van der Waals surface area (Å²) in [5.41, 5.74) is 0.239. The van der Waals surface area contributed by atoms with Gasteiger partial charge in [-0.3, -0.25) is 9.36 Å². The minimum Gasteiger partial charge on any atom is -0.294 e. The van der Waals surface area contributed by atoms with E-state index in [0.717, 1.165) is 12.1 Å². The zero-order valence-corrected chi connectivity index (χ0v) is 14.9. The van der Waals surface area contributed by atoms with E-state index in [4.69, 9.17) is 11.6 Å². The molecule has 2 aromatic heterocycles. The Balaban J connectivity index is 1.72. The van der Waals surface area contributed by atoms with Crippen LogP contribution < -0.4 is 5.56 Å². The highest BCUT2D eigenvalue weighted by molar-refractivity contribution is 6.30. The number of fused-ring (bicyclic) bond motifs is 1. The first-order chi connectivity index (χ1) is 13.3. The molecule has 28 heavy (non-hydrogen) atoms. The summed E-state index contributed by atoms with van der Waals surface area (Å²) in [6.07, 6.45) is -1.75. The van der Waals surface area contributed by atoms with E-state index in [-0.39, 0.29) is 17.5 Å². The minimum atomic E-state index is -4.44. The van der Waals surface area contributed by atoms with Gasteiger partial charge in [0.1, 0.15) is 11.7 Å². The van der Waals surface area contributed by atoms with Crippen molar-refractivity contribution in [1.29, 1.82) is 0 Å². The molecule has 0 atom stereocenters. The Kier molecular flexibility index (Phi) is 4.43. The minimum absolute atomic E-state index is 0.0299. The number of halogens is 4. The summed E-state index contributed by atoms with van der Waals surface area (Å²) in [4.78, 5) is 17.0. The molecule has 0 spiro atoms. The molecule has 0 unspecified atom stereocenters. The Bertz CT molecular complexity index is 1210. The fourth-order valence-corrected chi connectivity index (χ4v) is 3.00. The number of aromatic nitrogens is 4. The quantitative estimate of drug-likeness (QED) is 0.511. The lowest BCUT2D eigenvalue weighted by molar-refractivity contribution is -0.137. The summed E-state index contributed by atoms with van der Waals surface area (Å²) >= 11 is 5.88. The maximum Gasteiger partial charge on any atom is 0.416 e. The number of hydrogen-bond donors (Lipinski definition) is 0. The summed E-state index contributed by atoms with van der Waals surface area (Å²) in [5.74, 6) is 0. The molecule has 4 aromatic rings.